The summed E-state index contributed by atoms with van der Waals surface area (Å²) in [7, 11) is 1.96. The molecule has 0 heterocycles. The van der Waals surface area contributed by atoms with Crippen LogP contribution in [0.2, 0.25) is 0 Å². The predicted molar refractivity (Wildman–Crippen MR) is 46.9 cm³/mol. The van der Waals surface area contributed by atoms with Crippen LogP contribution < -0.4 is 5.32 Å². The fourth-order valence-corrected chi connectivity index (χ4v) is 0.250. The van der Waals surface area contributed by atoms with Gasteiger partial charge in [-0.2, -0.15) is 0 Å². The van der Waals surface area contributed by atoms with Gasteiger partial charge in [0.05, 0.1) is 0 Å². The molecule has 0 saturated carbocycles. The second-order valence-electron chi connectivity index (χ2n) is 1.10. The second-order valence-corrected chi connectivity index (χ2v) is 1.10. The summed E-state index contributed by atoms with van der Waals surface area (Å²) in [5.74, 6) is 0. The summed E-state index contributed by atoms with van der Waals surface area (Å²) in [6, 6.07) is 0. The van der Waals surface area contributed by atoms with Crippen LogP contribution in [0.25, 0.3) is 0 Å². The first-order chi connectivity index (χ1) is 4.41. The molecule has 60 valence electrons. The number of hydrogen-bond donors (Lipinski definition) is 1. The molecule has 0 unspecified atom stereocenters. The average Bonchev–Trinajstić information content (AvgIpc) is 1.98. The Labute approximate surface area is 60.9 Å². The van der Waals surface area contributed by atoms with Crippen molar-refractivity contribution in [3.63, 3.8) is 0 Å². The van der Waals surface area contributed by atoms with E-state index >= 15 is 0 Å². The first-order valence-electron chi connectivity index (χ1n) is 4.06. The standard InChI is InChI=1S/C4H11N.2C2H6/c1-3-4-5-2;2*1-2/h5H,3-4H2,1-2H3;2*1-2H3. The van der Waals surface area contributed by atoms with Crippen molar-refractivity contribution in [3.8, 4) is 0 Å². The number of rotatable bonds is 2. The van der Waals surface area contributed by atoms with Gasteiger partial charge in [0.15, 0.2) is 0 Å². The van der Waals surface area contributed by atoms with Gasteiger partial charge in [0.2, 0.25) is 0 Å². The summed E-state index contributed by atoms with van der Waals surface area (Å²) >= 11 is 0. The fourth-order valence-electron chi connectivity index (χ4n) is 0.250. The quantitative estimate of drug-likeness (QED) is 0.610. The molecule has 0 aliphatic heterocycles. The smallest absolute Gasteiger partial charge is 0.00546 e. The summed E-state index contributed by atoms with van der Waals surface area (Å²) in [4.78, 5) is 0. The van der Waals surface area contributed by atoms with Crippen LogP contribution in [0, 0.1) is 0 Å². The molecule has 0 radical (unpaired) electrons. The molecule has 0 aliphatic rings. The molecule has 0 fully saturated rings. The molecule has 0 amide bonds. The maximum Gasteiger partial charge on any atom is -0.00546 e. The summed E-state index contributed by atoms with van der Waals surface area (Å²) in [5, 5.41) is 3.02. The Balaban J connectivity index is -0.0000000771. The van der Waals surface area contributed by atoms with Crippen LogP contribution in [-0.2, 0) is 0 Å². The highest BCUT2D eigenvalue weighted by molar-refractivity contribution is 4.28. The van der Waals surface area contributed by atoms with Crippen molar-refractivity contribution in [2.45, 2.75) is 41.0 Å². The topological polar surface area (TPSA) is 12.0 Å². The van der Waals surface area contributed by atoms with Crippen molar-refractivity contribution >= 4 is 0 Å². The summed E-state index contributed by atoms with van der Waals surface area (Å²) < 4.78 is 0. The molecule has 9 heavy (non-hydrogen) atoms. The molecule has 0 atom stereocenters. The van der Waals surface area contributed by atoms with Gasteiger partial charge < -0.3 is 5.32 Å². The molecular weight excluding hydrogens is 110 g/mol. The molecule has 1 N–H and O–H groups in total. The van der Waals surface area contributed by atoms with Crippen molar-refractivity contribution in [2.24, 2.45) is 0 Å². The Bertz CT molecular complexity index is 12.0. The average molecular weight is 133 g/mol. The lowest BCUT2D eigenvalue weighted by Gasteiger charge is -1.84. The van der Waals surface area contributed by atoms with Gasteiger partial charge in [-0.1, -0.05) is 34.6 Å². The van der Waals surface area contributed by atoms with E-state index < -0.39 is 0 Å². The maximum atomic E-state index is 3.02. The number of hydrogen-bond acceptors (Lipinski definition) is 1. The van der Waals surface area contributed by atoms with E-state index in [0.29, 0.717) is 0 Å². The van der Waals surface area contributed by atoms with Crippen molar-refractivity contribution < 1.29 is 0 Å². The SMILES string of the molecule is CC.CC.CCCNC. The van der Waals surface area contributed by atoms with Crippen LogP contribution in [-0.4, -0.2) is 13.6 Å². The van der Waals surface area contributed by atoms with Crippen LogP contribution >= 0.6 is 0 Å². The molecule has 1 heteroatoms. The summed E-state index contributed by atoms with van der Waals surface area (Å²) in [6.07, 6.45) is 1.23. The first-order valence-corrected chi connectivity index (χ1v) is 4.06. The van der Waals surface area contributed by atoms with E-state index in [1.54, 1.807) is 0 Å². The van der Waals surface area contributed by atoms with Crippen LogP contribution in [0.3, 0.4) is 0 Å². The van der Waals surface area contributed by atoms with Gasteiger partial charge >= 0.3 is 0 Å². The van der Waals surface area contributed by atoms with Crippen molar-refractivity contribution in [2.75, 3.05) is 13.6 Å². The van der Waals surface area contributed by atoms with E-state index in [1.165, 1.54) is 6.42 Å². The zero-order valence-corrected chi connectivity index (χ0v) is 7.91. The highest BCUT2D eigenvalue weighted by Gasteiger charge is 1.64. The van der Waals surface area contributed by atoms with Gasteiger partial charge in [-0.05, 0) is 20.0 Å². The molecule has 0 aromatic rings. The monoisotopic (exact) mass is 133 g/mol. The lowest BCUT2D eigenvalue weighted by molar-refractivity contribution is 0.772. The lowest BCUT2D eigenvalue weighted by atomic mass is 10.5. The Kier molecular flexibility index (Phi) is 78.2. The molecule has 1 nitrogen and oxygen atoms in total. The fraction of sp³-hybridized carbons (Fsp3) is 1.00. The third kappa shape index (κ3) is 73.6. The summed E-state index contributed by atoms with van der Waals surface area (Å²) in [6.45, 7) is 11.3. The Morgan fingerprint density at radius 2 is 1.33 bits per heavy atom. The predicted octanol–water partition coefficient (Wildman–Crippen LogP) is 2.67. The Hall–Kier alpha value is -0.0400. The largest absolute Gasteiger partial charge is 0.320 e. The molecular formula is C8H23N. The van der Waals surface area contributed by atoms with Gasteiger partial charge in [0.25, 0.3) is 0 Å². The van der Waals surface area contributed by atoms with E-state index in [9.17, 15) is 0 Å². The maximum absolute atomic E-state index is 3.02. The van der Waals surface area contributed by atoms with Crippen molar-refractivity contribution in [1.29, 1.82) is 0 Å². The minimum absolute atomic E-state index is 1.14. The highest BCUT2D eigenvalue weighted by atomic mass is 14.8. The van der Waals surface area contributed by atoms with Crippen LogP contribution in [0.1, 0.15) is 41.0 Å². The Morgan fingerprint density at radius 1 is 1.00 bits per heavy atom. The minimum atomic E-state index is 1.14. The summed E-state index contributed by atoms with van der Waals surface area (Å²) in [5.41, 5.74) is 0. The number of nitrogens with one attached hydrogen (secondary N) is 1. The van der Waals surface area contributed by atoms with E-state index in [-0.39, 0.29) is 0 Å². The Morgan fingerprint density at radius 3 is 1.33 bits per heavy atom. The van der Waals surface area contributed by atoms with Crippen LogP contribution in [0.5, 0.6) is 0 Å². The van der Waals surface area contributed by atoms with E-state index in [0.717, 1.165) is 6.54 Å². The molecule has 0 aromatic heterocycles. The molecule has 0 saturated heterocycles. The van der Waals surface area contributed by atoms with E-state index in [4.69, 9.17) is 0 Å². The zero-order chi connectivity index (χ0) is 8.12. The van der Waals surface area contributed by atoms with Crippen LogP contribution in [0.4, 0.5) is 0 Å². The molecule has 0 bridgehead atoms. The zero-order valence-electron chi connectivity index (χ0n) is 7.91. The van der Waals surface area contributed by atoms with Crippen molar-refractivity contribution in [3.05, 3.63) is 0 Å². The molecule has 0 aliphatic carbocycles. The van der Waals surface area contributed by atoms with Gasteiger partial charge in [0.1, 0.15) is 0 Å². The normalized spacial score (nSPS) is 6.00. The van der Waals surface area contributed by atoms with Gasteiger partial charge in [-0.25, -0.2) is 0 Å². The third-order valence-corrected chi connectivity index (χ3v) is 0.500. The molecule has 0 aromatic carbocycles. The second kappa shape index (κ2) is 44.0. The van der Waals surface area contributed by atoms with Gasteiger partial charge in [-0.15, -0.1) is 0 Å². The lowest BCUT2D eigenvalue weighted by Crippen LogP contribution is -2.04. The van der Waals surface area contributed by atoms with Crippen molar-refractivity contribution in [1.82, 2.24) is 5.32 Å². The molecule has 0 spiro atoms. The van der Waals surface area contributed by atoms with Gasteiger partial charge in [0, 0.05) is 0 Å². The van der Waals surface area contributed by atoms with E-state index in [2.05, 4.69) is 12.2 Å². The first kappa shape index (κ1) is 16.0. The highest BCUT2D eigenvalue weighted by Crippen LogP contribution is 1.62. The third-order valence-electron chi connectivity index (χ3n) is 0.500. The van der Waals surface area contributed by atoms with Gasteiger partial charge in [-0.3, -0.25) is 0 Å². The minimum Gasteiger partial charge on any atom is -0.320 e. The molecule has 0 rings (SSSR count). The van der Waals surface area contributed by atoms with Crippen LogP contribution in [0.15, 0.2) is 0 Å². The van der Waals surface area contributed by atoms with E-state index in [1.807, 2.05) is 34.7 Å².